The van der Waals surface area contributed by atoms with Crippen molar-refractivity contribution >= 4 is 11.6 Å². The molecule has 10 nitrogen and oxygen atoms in total. The molecular weight excluding hydrogens is 697 g/mol. The minimum absolute atomic E-state index is 0.0139. The van der Waals surface area contributed by atoms with E-state index in [2.05, 4.69) is 17.1 Å². The Bertz CT molecular complexity index is 2030. The molecule has 2 saturated heterocycles. The van der Waals surface area contributed by atoms with Crippen molar-refractivity contribution in [3.63, 3.8) is 0 Å². The van der Waals surface area contributed by atoms with Crippen molar-refractivity contribution in [1.82, 2.24) is 10.2 Å². The van der Waals surface area contributed by atoms with Crippen LogP contribution in [0.3, 0.4) is 0 Å². The second-order valence-electron chi connectivity index (χ2n) is 14.4. The first-order chi connectivity index (χ1) is 26.9. The number of ether oxygens (including phenoxy) is 6. The van der Waals surface area contributed by atoms with E-state index in [-0.39, 0.29) is 17.7 Å². The minimum Gasteiger partial charge on any atom is -0.497 e. The highest BCUT2D eigenvalue weighted by atomic mass is 16.5. The van der Waals surface area contributed by atoms with Crippen LogP contribution in [0.2, 0.25) is 0 Å². The number of nitrogens with one attached hydrogen (secondary N) is 1. The fourth-order valence-corrected chi connectivity index (χ4v) is 8.42. The summed E-state index contributed by atoms with van der Waals surface area (Å²) in [5.74, 6) is 4.42. The van der Waals surface area contributed by atoms with E-state index in [0.29, 0.717) is 57.8 Å². The van der Waals surface area contributed by atoms with Crippen LogP contribution < -0.4 is 33.7 Å². The Balaban J connectivity index is 0.000000169. The third-order valence-electron chi connectivity index (χ3n) is 11.2. The summed E-state index contributed by atoms with van der Waals surface area (Å²) in [6.45, 7) is 8.02. The number of piperidine rings is 2. The number of methoxy groups -OCH3 is 4. The van der Waals surface area contributed by atoms with Gasteiger partial charge in [-0.3, -0.25) is 14.5 Å². The van der Waals surface area contributed by atoms with E-state index in [1.807, 2.05) is 48.5 Å². The van der Waals surface area contributed by atoms with Crippen molar-refractivity contribution in [3.05, 3.63) is 82.9 Å². The van der Waals surface area contributed by atoms with Gasteiger partial charge in [-0.1, -0.05) is 37.6 Å². The average Bonchev–Trinajstić information content (AvgIpc) is 3.70. The number of benzene rings is 4. The third kappa shape index (κ3) is 7.62. The molecule has 0 bridgehead atoms. The fourth-order valence-electron chi connectivity index (χ4n) is 8.42. The molecular formula is C45H52N2O8. The summed E-state index contributed by atoms with van der Waals surface area (Å²) in [7, 11) is 6.40. The number of likely N-dealkylation sites (tertiary alicyclic amines) is 1. The van der Waals surface area contributed by atoms with Gasteiger partial charge in [-0.25, -0.2) is 0 Å². The maximum absolute atomic E-state index is 13.1. The standard InChI is InChI=1S/C23H27NO4.C22H25NO4/c1-4-18(14-7-6-10-24-13-14)28-19-9-5-8-16-21(19)22-17(23(16)25)11-15(26-2)12-20(22)27-3;1-25-15-13-17-21(19(14-15)26-2)20-16(22(17)24)7-6-8-18(20)27-12-11-23-9-4-3-5-10-23/h5,8-9,11-12,14,18,24H,4,6-7,10,13H2,1-3H3;6-8,13-14H,3-5,9-12H2,1-2H3. The molecule has 2 unspecified atom stereocenters. The van der Waals surface area contributed by atoms with Gasteiger partial charge in [-0.05, 0) is 76.0 Å². The lowest BCUT2D eigenvalue weighted by Crippen LogP contribution is -2.39. The Morgan fingerprint density at radius 3 is 1.76 bits per heavy atom. The normalized spacial score (nSPS) is 17.5. The molecule has 4 aromatic rings. The number of nitrogens with zero attached hydrogens (tertiary/aromatic N) is 1. The molecule has 0 aromatic heterocycles. The van der Waals surface area contributed by atoms with Crippen LogP contribution >= 0.6 is 0 Å². The van der Waals surface area contributed by atoms with Crippen molar-refractivity contribution in [2.24, 2.45) is 5.92 Å². The lowest BCUT2D eigenvalue weighted by Gasteiger charge is -2.31. The number of carbonyl (C=O) groups excluding carboxylic acids is 2. The molecule has 2 heterocycles. The van der Waals surface area contributed by atoms with E-state index in [0.717, 1.165) is 79.3 Å². The zero-order chi connectivity index (χ0) is 38.5. The Morgan fingerprint density at radius 1 is 0.673 bits per heavy atom. The summed E-state index contributed by atoms with van der Waals surface area (Å²) in [6, 6.07) is 18.6. The Hall–Kier alpha value is -5.06. The first-order valence-electron chi connectivity index (χ1n) is 19.5. The van der Waals surface area contributed by atoms with Gasteiger partial charge in [0.15, 0.2) is 11.6 Å². The SMILES string of the molecule is CCC(Oc1cccc2c1-c1c(OC)cc(OC)cc1C2=O)C1CCCNC1.COc1cc(OC)c2c(c1)C(=O)c1cccc(OCCN3CCCCC3)c1-2. The van der Waals surface area contributed by atoms with E-state index in [1.165, 1.54) is 25.7 Å². The molecule has 2 fully saturated rings. The number of hydrogen-bond donors (Lipinski definition) is 1. The van der Waals surface area contributed by atoms with Crippen LogP contribution in [0.25, 0.3) is 22.3 Å². The molecule has 0 saturated carbocycles. The van der Waals surface area contributed by atoms with Gasteiger partial charge >= 0.3 is 0 Å². The van der Waals surface area contributed by atoms with Crippen LogP contribution in [-0.2, 0) is 0 Å². The molecule has 10 heteroatoms. The zero-order valence-corrected chi connectivity index (χ0v) is 32.6. The summed E-state index contributed by atoms with van der Waals surface area (Å²) in [5, 5.41) is 3.47. The highest BCUT2D eigenvalue weighted by Gasteiger charge is 2.35. The summed E-state index contributed by atoms with van der Waals surface area (Å²) < 4.78 is 34.5. The molecule has 0 amide bonds. The predicted octanol–water partition coefficient (Wildman–Crippen LogP) is 7.85. The van der Waals surface area contributed by atoms with E-state index < -0.39 is 0 Å². The van der Waals surface area contributed by atoms with Crippen molar-refractivity contribution in [1.29, 1.82) is 0 Å². The molecule has 290 valence electrons. The van der Waals surface area contributed by atoms with Crippen LogP contribution in [0.15, 0.2) is 60.7 Å². The van der Waals surface area contributed by atoms with Crippen LogP contribution in [0.5, 0.6) is 34.5 Å². The lowest BCUT2D eigenvalue weighted by molar-refractivity contribution is 0.103. The van der Waals surface area contributed by atoms with E-state index in [9.17, 15) is 9.59 Å². The predicted molar refractivity (Wildman–Crippen MR) is 213 cm³/mol. The Morgan fingerprint density at radius 2 is 1.24 bits per heavy atom. The Kier molecular flexibility index (Phi) is 11.9. The van der Waals surface area contributed by atoms with E-state index in [1.54, 1.807) is 40.6 Å². The van der Waals surface area contributed by atoms with Crippen LogP contribution in [0.4, 0.5) is 0 Å². The van der Waals surface area contributed by atoms with Gasteiger partial charge in [0.25, 0.3) is 0 Å². The van der Waals surface area contributed by atoms with Gasteiger partial charge in [-0.15, -0.1) is 0 Å². The van der Waals surface area contributed by atoms with Crippen LogP contribution in [0.1, 0.15) is 77.3 Å². The number of hydrogen-bond acceptors (Lipinski definition) is 10. The molecule has 55 heavy (non-hydrogen) atoms. The molecule has 2 aliphatic carbocycles. The second-order valence-corrected chi connectivity index (χ2v) is 14.4. The smallest absolute Gasteiger partial charge is 0.194 e. The molecule has 4 aliphatic rings. The topological polar surface area (TPSA) is 105 Å². The maximum atomic E-state index is 13.1. The van der Waals surface area contributed by atoms with Crippen molar-refractivity contribution in [2.45, 2.75) is 51.6 Å². The van der Waals surface area contributed by atoms with Gasteiger partial charge in [0.2, 0.25) is 0 Å². The van der Waals surface area contributed by atoms with Crippen molar-refractivity contribution in [3.8, 4) is 56.8 Å². The fraction of sp³-hybridized carbons (Fsp3) is 0.422. The molecule has 0 spiro atoms. The van der Waals surface area contributed by atoms with Gasteiger partial charge in [0.1, 0.15) is 47.2 Å². The Labute approximate surface area is 324 Å². The number of ketones is 2. The van der Waals surface area contributed by atoms with Crippen molar-refractivity contribution in [2.75, 3.05) is 67.8 Å². The number of carbonyl (C=O) groups is 2. The minimum atomic E-state index is -0.0151. The van der Waals surface area contributed by atoms with Gasteiger partial charge in [0, 0.05) is 75.6 Å². The first-order valence-corrected chi connectivity index (χ1v) is 19.5. The van der Waals surface area contributed by atoms with Gasteiger partial charge in [-0.2, -0.15) is 0 Å². The zero-order valence-electron chi connectivity index (χ0n) is 32.6. The molecule has 0 radical (unpaired) electrons. The molecule has 2 atom stereocenters. The third-order valence-corrected chi connectivity index (χ3v) is 11.2. The van der Waals surface area contributed by atoms with Crippen LogP contribution in [-0.4, -0.2) is 90.3 Å². The summed E-state index contributed by atoms with van der Waals surface area (Å²) in [4.78, 5) is 28.4. The monoisotopic (exact) mass is 748 g/mol. The first kappa shape index (κ1) is 38.2. The summed E-state index contributed by atoms with van der Waals surface area (Å²) in [6.07, 6.45) is 7.23. The van der Waals surface area contributed by atoms with Gasteiger partial charge in [0.05, 0.1) is 28.4 Å². The highest BCUT2D eigenvalue weighted by molar-refractivity contribution is 6.24. The molecule has 1 N–H and O–H groups in total. The quantitative estimate of drug-likeness (QED) is 0.133. The summed E-state index contributed by atoms with van der Waals surface area (Å²) in [5.41, 5.74) is 5.80. The lowest BCUT2D eigenvalue weighted by atomic mass is 9.92. The molecule has 8 rings (SSSR count). The highest BCUT2D eigenvalue weighted by Crippen LogP contribution is 2.50. The van der Waals surface area contributed by atoms with E-state index >= 15 is 0 Å². The average molecular weight is 749 g/mol. The largest absolute Gasteiger partial charge is 0.497 e. The second kappa shape index (κ2) is 17.2. The number of rotatable bonds is 12. The van der Waals surface area contributed by atoms with Gasteiger partial charge < -0.3 is 33.7 Å². The van der Waals surface area contributed by atoms with Crippen LogP contribution in [0, 0.1) is 5.92 Å². The summed E-state index contributed by atoms with van der Waals surface area (Å²) >= 11 is 0. The van der Waals surface area contributed by atoms with Crippen molar-refractivity contribution < 1.29 is 38.0 Å². The number of fused-ring (bicyclic) bond motifs is 6. The molecule has 2 aliphatic heterocycles. The van der Waals surface area contributed by atoms with E-state index in [4.69, 9.17) is 28.4 Å². The molecule has 4 aromatic carbocycles. The maximum Gasteiger partial charge on any atom is 0.194 e.